The Hall–Kier alpha value is -0.350. The molecule has 0 aromatic heterocycles. The van der Waals surface area contributed by atoms with E-state index in [1.807, 2.05) is 6.92 Å². The zero-order valence-electron chi connectivity index (χ0n) is 6.79. The molecule has 0 aromatic rings. The molecule has 0 fully saturated rings. The van der Waals surface area contributed by atoms with Crippen molar-refractivity contribution in [2.45, 2.75) is 19.8 Å². The number of rotatable bonds is 5. The summed E-state index contributed by atoms with van der Waals surface area (Å²) in [5.41, 5.74) is 0. The predicted molar refractivity (Wildman–Crippen MR) is 46.6 cm³/mol. The predicted octanol–water partition coefficient (Wildman–Crippen LogP) is 0.877. The fraction of sp³-hybridized carbons (Fsp3) is 0.714. The first-order valence-electron chi connectivity index (χ1n) is 3.61. The Morgan fingerprint density at radius 3 is 2.45 bits per heavy atom. The first kappa shape index (κ1) is 10.7. The number of primary sulfonamides is 1. The Kier molecular flexibility index (Phi) is 4.37. The summed E-state index contributed by atoms with van der Waals surface area (Å²) in [6.07, 6.45) is 3.26. The fourth-order valence-electron chi connectivity index (χ4n) is 0.917. The highest BCUT2D eigenvalue weighted by Crippen LogP contribution is 2.09. The minimum atomic E-state index is -3.31. The van der Waals surface area contributed by atoms with Crippen molar-refractivity contribution in [2.24, 2.45) is 11.1 Å². The molecule has 11 heavy (non-hydrogen) atoms. The molecule has 0 aliphatic carbocycles. The van der Waals surface area contributed by atoms with Gasteiger partial charge >= 0.3 is 0 Å². The van der Waals surface area contributed by atoms with Crippen LogP contribution in [0.2, 0.25) is 0 Å². The third-order valence-corrected chi connectivity index (χ3v) is 2.48. The van der Waals surface area contributed by atoms with Crippen molar-refractivity contribution >= 4 is 10.0 Å². The largest absolute Gasteiger partial charge is 0.229 e. The lowest BCUT2D eigenvalue weighted by molar-refractivity contribution is 0.542. The van der Waals surface area contributed by atoms with Crippen molar-refractivity contribution < 1.29 is 8.42 Å². The van der Waals surface area contributed by atoms with Crippen LogP contribution in [0.3, 0.4) is 0 Å². The maximum atomic E-state index is 10.6. The lowest BCUT2D eigenvalue weighted by Gasteiger charge is -2.09. The molecule has 0 saturated carbocycles. The van der Waals surface area contributed by atoms with Crippen molar-refractivity contribution in [3.8, 4) is 0 Å². The van der Waals surface area contributed by atoms with Crippen LogP contribution >= 0.6 is 0 Å². The Morgan fingerprint density at radius 2 is 2.18 bits per heavy atom. The zero-order valence-corrected chi connectivity index (χ0v) is 7.60. The van der Waals surface area contributed by atoms with Crippen molar-refractivity contribution in [1.82, 2.24) is 0 Å². The van der Waals surface area contributed by atoms with Crippen LogP contribution in [0.4, 0.5) is 0 Å². The van der Waals surface area contributed by atoms with Crippen LogP contribution in [0.15, 0.2) is 12.7 Å². The highest BCUT2D eigenvalue weighted by molar-refractivity contribution is 7.89. The van der Waals surface area contributed by atoms with E-state index in [1.54, 1.807) is 6.08 Å². The van der Waals surface area contributed by atoms with E-state index in [9.17, 15) is 8.42 Å². The lowest BCUT2D eigenvalue weighted by Crippen LogP contribution is -2.22. The van der Waals surface area contributed by atoms with Gasteiger partial charge in [-0.15, -0.1) is 6.58 Å². The standard InChI is InChI=1S/C7H15NO2S/c1-3-5-7(4-2)6-11(8,9)10/h3,7H,1,4-6H2,2H3,(H2,8,9,10)/t7-/m1/s1. The van der Waals surface area contributed by atoms with Gasteiger partial charge in [0.25, 0.3) is 0 Å². The molecule has 3 nitrogen and oxygen atoms in total. The Morgan fingerprint density at radius 1 is 1.64 bits per heavy atom. The second-order valence-electron chi connectivity index (χ2n) is 2.63. The Labute approximate surface area is 68.3 Å². The number of hydrogen-bond acceptors (Lipinski definition) is 2. The van der Waals surface area contributed by atoms with E-state index in [-0.39, 0.29) is 11.7 Å². The smallest absolute Gasteiger partial charge is 0.209 e. The molecule has 2 N–H and O–H groups in total. The summed E-state index contributed by atoms with van der Waals surface area (Å²) in [4.78, 5) is 0. The SMILES string of the molecule is C=CC[C@@H](CC)CS(N)(=O)=O. The first-order chi connectivity index (χ1) is 4.99. The van der Waals surface area contributed by atoms with Gasteiger partial charge in [-0.05, 0) is 12.3 Å². The quantitative estimate of drug-likeness (QED) is 0.634. The lowest BCUT2D eigenvalue weighted by atomic mass is 10.1. The van der Waals surface area contributed by atoms with E-state index < -0.39 is 10.0 Å². The number of nitrogens with two attached hydrogens (primary N) is 1. The van der Waals surface area contributed by atoms with Crippen molar-refractivity contribution in [1.29, 1.82) is 0 Å². The van der Waals surface area contributed by atoms with Crippen LogP contribution in [0, 0.1) is 5.92 Å². The van der Waals surface area contributed by atoms with Gasteiger partial charge in [0.2, 0.25) is 10.0 Å². The highest BCUT2D eigenvalue weighted by atomic mass is 32.2. The topological polar surface area (TPSA) is 60.2 Å². The normalized spacial score (nSPS) is 14.4. The second-order valence-corrected chi connectivity index (χ2v) is 4.29. The molecule has 0 radical (unpaired) electrons. The maximum absolute atomic E-state index is 10.6. The van der Waals surface area contributed by atoms with E-state index >= 15 is 0 Å². The van der Waals surface area contributed by atoms with Gasteiger partial charge in [0.05, 0.1) is 5.75 Å². The molecular weight excluding hydrogens is 162 g/mol. The molecule has 0 unspecified atom stereocenters. The molecule has 4 heteroatoms. The van der Waals surface area contributed by atoms with E-state index in [2.05, 4.69) is 6.58 Å². The molecular formula is C7H15NO2S. The summed E-state index contributed by atoms with van der Waals surface area (Å²) >= 11 is 0. The zero-order chi connectivity index (χ0) is 8.91. The summed E-state index contributed by atoms with van der Waals surface area (Å²) in [5.74, 6) is 0.192. The molecule has 1 atom stereocenters. The molecule has 0 spiro atoms. The van der Waals surface area contributed by atoms with Gasteiger partial charge in [-0.25, -0.2) is 13.6 Å². The maximum Gasteiger partial charge on any atom is 0.209 e. The van der Waals surface area contributed by atoms with Gasteiger partial charge in [-0.1, -0.05) is 19.4 Å². The first-order valence-corrected chi connectivity index (χ1v) is 5.32. The number of hydrogen-bond donors (Lipinski definition) is 1. The average Bonchev–Trinajstić information content (AvgIpc) is 1.84. The molecule has 0 aromatic carbocycles. The second kappa shape index (κ2) is 4.51. The van der Waals surface area contributed by atoms with Gasteiger partial charge in [-0.2, -0.15) is 0 Å². The van der Waals surface area contributed by atoms with Crippen LogP contribution in [0.25, 0.3) is 0 Å². The van der Waals surface area contributed by atoms with Crippen molar-refractivity contribution in [2.75, 3.05) is 5.75 Å². The van der Waals surface area contributed by atoms with Crippen LogP contribution in [0.1, 0.15) is 19.8 Å². The molecule has 66 valence electrons. The van der Waals surface area contributed by atoms with Gasteiger partial charge in [0.15, 0.2) is 0 Å². The number of sulfonamides is 1. The summed E-state index contributed by atoms with van der Waals surface area (Å²) in [7, 11) is -3.31. The van der Waals surface area contributed by atoms with Crippen LogP contribution in [0.5, 0.6) is 0 Å². The summed E-state index contributed by atoms with van der Waals surface area (Å²) < 4.78 is 21.2. The van der Waals surface area contributed by atoms with E-state index in [0.717, 1.165) is 6.42 Å². The van der Waals surface area contributed by atoms with Gasteiger partial charge < -0.3 is 0 Å². The van der Waals surface area contributed by atoms with Crippen LogP contribution in [-0.2, 0) is 10.0 Å². The highest BCUT2D eigenvalue weighted by Gasteiger charge is 2.11. The molecule has 0 heterocycles. The third kappa shape index (κ3) is 6.06. The summed E-state index contributed by atoms with van der Waals surface area (Å²) in [5, 5.41) is 4.88. The minimum absolute atomic E-state index is 0.0650. The van der Waals surface area contributed by atoms with E-state index in [1.165, 1.54) is 0 Å². The van der Waals surface area contributed by atoms with Crippen molar-refractivity contribution in [3.63, 3.8) is 0 Å². The van der Waals surface area contributed by atoms with Crippen molar-refractivity contribution in [3.05, 3.63) is 12.7 Å². The Balaban J connectivity index is 3.98. The third-order valence-electron chi connectivity index (χ3n) is 1.55. The number of allylic oxidation sites excluding steroid dienone is 1. The van der Waals surface area contributed by atoms with E-state index in [4.69, 9.17) is 5.14 Å². The molecule has 0 bridgehead atoms. The van der Waals surface area contributed by atoms with Gasteiger partial charge in [0.1, 0.15) is 0 Å². The Bertz CT molecular complexity index is 208. The summed E-state index contributed by atoms with van der Waals surface area (Å²) in [6.45, 7) is 5.49. The molecule has 0 aliphatic heterocycles. The van der Waals surface area contributed by atoms with Gasteiger partial charge in [-0.3, -0.25) is 0 Å². The molecule has 0 aliphatic rings. The average molecular weight is 177 g/mol. The monoisotopic (exact) mass is 177 g/mol. The van der Waals surface area contributed by atoms with E-state index in [0.29, 0.717) is 6.42 Å². The van der Waals surface area contributed by atoms with Crippen LogP contribution in [-0.4, -0.2) is 14.2 Å². The molecule has 0 rings (SSSR count). The minimum Gasteiger partial charge on any atom is -0.229 e. The van der Waals surface area contributed by atoms with Gasteiger partial charge in [0, 0.05) is 0 Å². The summed E-state index contributed by atoms with van der Waals surface area (Å²) in [6, 6.07) is 0. The molecule has 0 amide bonds. The fourth-order valence-corrected chi connectivity index (χ4v) is 1.95. The van der Waals surface area contributed by atoms with Crippen LogP contribution < -0.4 is 5.14 Å². The molecule has 0 saturated heterocycles.